The van der Waals surface area contributed by atoms with E-state index in [0.717, 1.165) is 40.7 Å². The number of benzene rings is 1. The molecule has 28 heavy (non-hydrogen) atoms. The Labute approximate surface area is 174 Å². The van der Waals surface area contributed by atoms with Gasteiger partial charge in [-0.05, 0) is 74.0 Å². The van der Waals surface area contributed by atoms with Crippen LogP contribution in [0.1, 0.15) is 54.9 Å². The van der Waals surface area contributed by atoms with Crippen molar-refractivity contribution in [2.45, 2.75) is 50.4 Å². The van der Waals surface area contributed by atoms with Crippen LogP contribution >= 0.6 is 23.7 Å². The van der Waals surface area contributed by atoms with Gasteiger partial charge in [-0.25, -0.2) is 0 Å². The van der Waals surface area contributed by atoms with Crippen LogP contribution < -0.4 is 4.74 Å². The van der Waals surface area contributed by atoms with Crippen molar-refractivity contribution in [3.63, 3.8) is 0 Å². The van der Waals surface area contributed by atoms with Gasteiger partial charge in [-0.15, -0.1) is 22.6 Å². The quantitative estimate of drug-likeness (QED) is 0.619. The minimum atomic E-state index is 0. The van der Waals surface area contributed by atoms with E-state index in [2.05, 4.69) is 22.3 Å². The van der Waals surface area contributed by atoms with Crippen LogP contribution in [0.4, 0.5) is 0 Å². The zero-order chi connectivity index (χ0) is 18.0. The predicted octanol–water partition coefficient (Wildman–Crippen LogP) is 4.67. The summed E-state index contributed by atoms with van der Waals surface area (Å²) < 4.78 is 7.25. The Hall–Kier alpha value is -1.66. The second kappa shape index (κ2) is 6.70. The first-order valence-electron chi connectivity index (χ1n) is 10.1. The van der Waals surface area contributed by atoms with Crippen molar-refractivity contribution in [1.82, 2.24) is 19.8 Å². The number of aromatic nitrogens is 4. The minimum absolute atomic E-state index is 0. The topological polar surface area (TPSA) is 52.3 Å². The molecule has 0 unspecified atom stereocenters. The van der Waals surface area contributed by atoms with Gasteiger partial charge < -0.3 is 4.74 Å². The summed E-state index contributed by atoms with van der Waals surface area (Å²) in [6, 6.07) is 8.17. The molecule has 0 radical (unpaired) electrons. The lowest BCUT2D eigenvalue weighted by atomic mass is 9.50. The summed E-state index contributed by atoms with van der Waals surface area (Å²) in [6.45, 7) is 0. The third kappa shape index (κ3) is 2.84. The maximum absolute atomic E-state index is 5.25. The summed E-state index contributed by atoms with van der Waals surface area (Å²) >= 11 is 1.78. The van der Waals surface area contributed by atoms with Gasteiger partial charge >= 0.3 is 0 Å². The van der Waals surface area contributed by atoms with Crippen molar-refractivity contribution in [2.24, 2.45) is 17.8 Å². The van der Waals surface area contributed by atoms with Crippen molar-refractivity contribution >= 4 is 28.7 Å². The first-order valence-corrected chi connectivity index (χ1v) is 10.9. The van der Waals surface area contributed by atoms with Gasteiger partial charge in [0.05, 0.1) is 7.11 Å². The van der Waals surface area contributed by atoms with E-state index in [-0.39, 0.29) is 12.4 Å². The van der Waals surface area contributed by atoms with Crippen LogP contribution in [-0.2, 0) is 11.8 Å². The summed E-state index contributed by atoms with van der Waals surface area (Å²) in [5.74, 6) is 4.61. The fourth-order valence-corrected chi connectivity index (χ4v) is 7.36. The third-order valence-corrected chi connectivity index (χ3v) is 8.21. The Morgan fingerprint density at radius 2 is 1.68 bits per heavy atom. The van der Waals surface area contributed by atoms with Crippen LogP contribution in [0.15, 0.2) is 24.3 Å². The molecule has 2 aromatic heterocycles. The van der Waals surface area contributed by atoms with E-state index in [0.29, 0.717) is 5.41 Å². The van der Waals surface area contributed by atoms with E-state index in [9.17, 15) is 0 Å². The van der Waals surface area contributed by atoms with Crippen LogP contribution in [-0.4, -0.2) is 26.9 Å². The number of rotatable bonds is 4. The first kappa shape index (κ1) is 18.4. The van der Waals surface area contributed by atoms with E-state index in [1.807, 2.05) is 16.6 Å². The molecule has 0 spiro atoms. The predicted molar refractivity (Wildman–Crippen MR) is 112 cm³/mol. The fourth-order valence-electron chi connectivity index (χ4n) is 6.28. The van der Waals surface area contributed by atoms with Crippen LogP contribution in [0, 0.1) is 17.8 Å². The lowest BCUT2D eigenvalue weighted by Gasteiger charge is -2.55. The normalized spacial score (nSPS) is 30.5. The van der Waals surface area contributed by atoms with E-state index < -0.39 is 0 Å². The Morgan fingerprint density at radius 1 is 1.04 bits per heavy atom. The molecule has 3 aromatic rings. The smallest absolute Gasteiger partial charge is 0.234 e. The molecule has 0 aliphatic heterocycles. The number of nitrogens with zero attached hydrogens (tertiary/aromatic N) is 4. The Kier molecular flexibility index (Phi) is 4.40. The van der Waals surface area contributed by atoms with Gasteiger partial charge in [0.2, 0.25) is 4.96 Å². The Morgan fingerprint density at radius 3 is 2.29 bits per heavy atom. The molecular formula is C21H25ClN4OS. The van der Waals surface area contributed by atoms with Gasteiger partial charge in [0, 0.05) is 11.8 Å². The highest BCUT2D eigenvalue weighted by Crippen LogP contribution is 2.61. The molecule has 5 nitrogen and oxygen atoms in total. The average molecular weight is 417 g/mol. The van der Waals surface area contributed by atoms with Crippen LogP contribution in [0.3, 0.4) is 0 Å². The van der Waals surface area contributed by atoms with Gasteiger partial charge in [0.1, 0.15) is 10.8 Å². The van der Waals surface area contributed by atoms with E-state index >= 15 is 0 Å². The average Bonchev–Trinajstić information content (AvgIpc) is 3.24. The molecule has 0 atom stereocenters. The number of hydrogen-bond donors (Lipinski definition) is 0. The number of hydrogen-bond acceptors (Lipinski definition) is 5. The summed E-state index contributed by atoms with van der Waals surface area (Å²) in [5.41, 5.74) is 1.53. The molecule has 0 saturated heterocycles. The van der Waals surface area contributed by atoms with Crippen molar-refractivity contribution in [1.29, 1.82) is 0 Å². The fraction of sp³-hybridized carbons (Fsp3) is 0.571. The first-order chi connectivity index (χ1) is 13.2. The van der Waals surface area contributed by atoms with Crippen LogP contribution in [0.25, 0.3) is 4.96 Å². The molecule has 148 valence electrons. The summed E-state index contributed by atoms with van der Waals surface area (Å²) in [5, 5.41) is 15.3. The highest BCUT2D eigenvalue weighted by atomic mass is 35.5. The molecule has 4 aliphatic carbocycles. The third-order valence-electron chi connectivity index (χ3n) is 7.07. The molecule has 4 saturated carbocycles. The standard InChI is InChI=1S/C21H24N4OS.ClH/c1-26-17-4-2-13(3-5-17)9-18-22-23-20-25(18)24-19(27-20)21-10-14-6-15(11-21)8-16(7-14)12-21;/h2-5,14-16H,6-12H2,1H3;1H. The maximum Gasteiger partial charge on any atom is 0.234 e. The minimum Gasteiger partial charge on any atom is -0.497 e. The molecule has 0 N–H and O–H groups in total. The number of fused-ring (bicyclic) bond motifs is 1. The second-order valence-corrected chi connectivity index (χ2v) is 9.90. The summed E-state index contributed by atoms with van der Waals surface area (Å²) in [6.07, 6.45) is 9.17. The number of ether oxygens (including phenoxy) is 1. The second-order valence-electron chi connectivity index (χ2n) is 8.94. The molecule has 1 aromatic carbocycles. The Balaban J connectivity index is 0.00000171. The van der Waals surface area contributed by atoms with Crippen molar-refractivity contribution in [3.8, 4) is 5.75 Å². The molecule has 4 aliphatic rings. The number of halogens is 1. The monoisotopic (exact) mass is 416 g/mol. The van der Waals surface area contributed by atoms with Gasteiger partial charge in [-0.1, -0.05) is 23.5 Å². The lowest BCUT2D eigenvalue weighted by Crippen LogP contribution is -2.48. The molecule has 4 bridgehead atoms. The largest absolute Gasteiger partial charge is 0.497 e. The highest BCUT2D eigenvalue weighted by Gasteiger charge is 2.53. The molecule has 7 heteroatoms. The summed E-state index contributed by atoms with van der Waals surface area (Å²) in [7, 11) is 1.69. The molecular weight excluding hydrogens is 392 g/mol. The van der Waals surface area contributed by atoms with Crippen LogP contribution in [0.2, 0.25) is 0 Å². The molecule has 4 fully saturated rings. The SMILES string of the molecule is COc1ccc(Cc2nnc3sc(C45CC6CC(CC(C6)C4)C5)nn23)cc1.Cl. The molecule has 7 rings (SSSR count). The van der Waals surface area contributed by atoms with E-state index in [1.165, 1.54) is 49.1 Å². The van der Waals surface area contributed by atoms with Gasteiger partial charge in [0.15, 0.2) is 5.82 Å². The van der Waals surface area contributed by atoms with Crippen LogP contribution in [0.5, 0.6) is 5.75 Å². The lowest BCUT2D eigenvalue weighted by molar-refractivity contribution is -0.00567. The van der Waals surface area contributed by atoms with E-state index in [1.54, 1.807) is 18.4 Å². The zero-order valence-electron chi connectivity index (χ0n) is 16.0. The maximum atomic E-state index is 5.25. The highest BCUT2D eigenvalue weighted by molar-refractivity contribution is 7.16. The molecule has 2 heterocycles. The Bertz CT molecular complexity index is 960. The van der Waals surface area contributed by atoms with Crippen molar-refractivity contribution in [2.75, 3.05) is 7.11 Å². The summed E-state index contributed by atoms with van der Waals surface area (Å²) in [4.78, 5) is 0.948. The number of methoxy groups -OCH3 is 1. The van der Waals surface area contributed by atoms with Crippen molar-refractivity contribution < 1.29 is 4.74 Å². The van der Waals surface area contributed by atoms with Gasteiger partial charge in [-0.3, -0.25) is 0 Å². The van der Waals surface area contributed by atoms with Crippen molar-refractivity contribution in [3.05, 3.63) is 40.7 Å². The zero-order valence-corrected chi connectivity index (χ0v) is 17.6. The molecule has 0 amide bonds. The van der Waals surface area contributed by atoms with E-state index in [4.69, 9.17) is 9.84 Å². The van der Waals surface area contributed by atoms with Gasteiger partial charge in [0.25, 0.3) is 0 Å². The van der Waals surface area contributed by atoms with Gasteiger partial charge in [-0.2, -0.15) is 9.61 Å².